The van der Waals surface area contributed by atoms with Gasteiger partial charge >= 0.3 is 0 Å². The van der Waals surface area contributed by atoms with Gasteiger partial charge in [0.05, 0.1) is 23.7 Å². The first-order valence-corrected chi connectivity index (χ1v) is 6.16. The van der Waals surface area contributed by atoms with Gasteiger partial charge in [0.15, 0.2) is 9.84 Å². The van der Waals surface area contributed by atoms with Crippen molar-refractivity contribution in [3.8, 4) is 0 Å². The highest BCUT2D eigenvalue weighted by molar-refractivity contribution is 7.94. The summed E-state index contributed by atoms with van der Waals surface area (Å²) in [5, 5.41) is 4.27. The van der Waals surface area contributed by atoms with E-state index in [2.05, 4.69) is 10.3 Å². The largest absolute Gasteiger partial charge is 0.384 e. The Bertz CT molecular complexity index is 479. The molecule has 0 aromatic carbocycles. The summed E-state index contributed by atoms with van der Waals surface area (Å²) in [5.41, 5.74) is 6.19. The molecular formula is C9H11N3O2S. The van der Waals surface area contributed by atoms with Gasteiger partial charge in [0, 0.05) is 5.41 Å². The Kier molecular flexibility index (Phi) is 2.36. The second-order valence-corrected chi connectivity index (χ2v) is 5.31. The zero-order valence-corrected chi connectivity index (χ0v) is 8.74. The van der Waals surface area contributed by atoms with Crippen molar-refractivity contribution in [2.45, 2.75) is 6.04 Å². The van der Waals surface area contributed by atoms with Crippen molar-refractivity contribution in [3.05, 3.63) is 29.8 Å². The molecular weight excluding hydrogens is 214 g/mol. The molecule has 0 aliphatic carbocycles. The van der Waals surface area contributed by atoms with Crippen LogP contribution < -0.4 is 11.1 Å². The highest BCUT2D eigenvalue weighted by atomic mass is 32.2. The Labute approximate surface area is 87.9 Å². The summed E-state index contributed by atoms with van der Waals surface area (Å²) in [7, 11) is -3.01. The minimum absolute atomic E-state index is 0.0946. The van der Waals surface area contributed by atoms with Gasteiger partial charge in [0.25, 0.3) is 0 Å². The number of rotatable bonds is 2. The predicted molar refractivity (Wildman–Crippen MR) is 59.0 cm³/mol. The summed E-state index contributed by atoms with van der Waals surface area (Å²) >= 11 is 0. The number of nitrogens with two attached hydrogens (primary N) is 1. The highest BCUT2D eigenvalue weighted by Gasteiger charge is 2.21. The smallest absolute Gasteiger partial charge is 0.173 e. The van der Waals surface area contributed by atoms with E-state index in [9.17, 15) is 8.42 Å². The minimum atomic E-state index is -3.01. The SMILES string of the molecule is Nc1ccc(NC2C=CS(=O)(=O)C2)cn1. The monoisotopic (exact) mass is 225 g/mol. The van der Waals surface area contributed by atoms with Crippen LogP contribution in [0.15, 0.2) is 29.8 Å². The lowest BCUT2D eigenvalue weighted by molar-refractivity contribution is 0.605. The lowest BCUT2D eigenvalue weighted by atomic mass is 10.3. The number of pyridine rings is 1. The Hall–Kier alpha value is -1.56. The third-order valence-electron chi connectivity index (χ3n) is 2.07. The second kappa shape index (κ2) is 3.54. The molecule has 1 atom stereocenters. The lowest BCUT2D eigenvalue weighted by Gasteiger charge is -2.10. The first kappa shape index (κ1) is 9.97. The Morgan fingerprint density at radius 3 is 2.80 bits per heavy atom. The maximum atomic E-state index is 11.1. The second-order valence-electron chi connectivity index (χ2n) is 3.38. The Morgan fingerprint density at radius 1 is 1.47 bits per heavy atom. The van der Waals surface area contributed by atoms with Crippen molar-refractivity contribution in [3.63, 3.8) is 0 Å². The van der Waals surface area contributed by atoms with Crippen LogP contribution in [0.25, 0.3) is 0 Å². The van der Waals surface area contributed by atoms with Crippen molar-refractivity contribution in [2.24, 2.45) is 0 Å². The average Bonchev–Trinajstić information content (AvgIpc) is 2.50. The number of nitrogens with one attached hydrogen (secondary N) is 1. The molecule has 0 saturated carbocycles. The van der Waals surface area contributed by atoms with Gasteiger partial charge in [0.1, 0.15) is 5.82 Å². The van der Waals surface area contributed by atoms with Crippen LogP contribution in [0.3, 0.4) is 0 Å². The molecule has 0 fully saturated rings. The van der Waals surface area contributed by atoms with E-state index >= 15 is 0 Å². The van der Waals surface area contributed by atoms with Gasteiger partial charge in [-0.1, -0.05) is 6.08 Å². The molecule has 6 heteroatoms. The van der Waals surface area contributed by atoms with Crippen LogP contribution in [0.4, 0.5) is 11.5 Å². The average molecular weight is 225 g/mol. The van der Waals surface area contributed by atoms with Crippen LogP contribution >= 0.6 is 0 Å². The molecule has 5 nitrogen and oxygen atoms in total. The fourth-order valence-corrected chi connectivity index (χ4v) is 2.61. The molecule has 1 unspecified atom stereocenters. The van der Waals surface area contributed by atoms with Gasteiger partial charge in [0.2, 0.25) is 0 Å². The van der Waals surface area contributed by atoms with Gasteiger partial charge in [-0.15, -0.1) is 0 Å². The molecule has 80 valence electrons. The molecule has 0 amide bonds. The fraction of sp³-hybridized carbons (Fsp3) is 0.222. The number of nitrogen functional groups attached to an aromatic ring is 1. The highest BCUT2D eigenvalue weighted by Crippen LogP contribution is 2.14. The number of nitrogens with zero attached hydrogens (tertiary/aromatic N) is 1. The number of hydrogen-bond donors (Lipinski definition) is 2. The zero-order valence-electron chi connectivity index (χ0n) is 7.92. The van der Waals surface area contributed by atoms with E-state index in [4.69, 9.17) is 5.73 Å². The predicted octanol–water partition coefficient (Wildman–Crippen LogP) is 0.386. The third-order valence-corrected chi connectivity index (χ3v) is 3.46. The maximum absolute atomic E-state index is 11.1. The van der Waals surface area contributed by atoms with Crippen LogP contribution in [0, 0.1) is 0 Å². The quantitative estimate of drug-likeness (QED) is 0.760. The van der Waals surface area contributed by atoms with Crippen LogP contribution in [0.1, 0.15) is 0 Å². The van der Waals surface area contributed by atoms with Crippen LogP contribution in [0.2, 0.25) is 0 Å². The van der Waals surface area contributed by atoms with Crippen molar-refractivity contribution < 1.29 is 8.42 Å². The van der Waals surface area contributed by atoms with E-state index in [1.807, 2.05) is 0 Å². The molecule has 3 N–H and O–H groups in total. The van der Waals surface area contributed by atoms with E-state index in [-0.39, 0.29) is 11.8 Å². The van der Waals surface area contributed by atoms with Gasteiger partial charge in [-0.05, 0) is 12.1 Å². The zero-order chi connectivity index (χ0) is 10.9. The summed E-state index contributed by atoms with van der Waals surface area (Å²) in [6.45, 7) is 0. The summed E-state index contributed by atoms with van der Waals surface area (Å²) in [5.74, 6) is 0.535. The van der Waals surface area contributed by atoms with Gasteiger partial charge in [-0.2, -0.15) is 0 Å². The third kappa shape index (κ3) is 2.47. The molecule has 0 spiro atoms. The fourth-order valence-electron chi connectivity index (χ4n) is 1.37. The van der Waals surface area contributed by atoms with Crippen molar-refractivity contribution in [1.29, 1.82) is 0 Å². The Balaban J connectivity index is 2.05. The van der Waals surface area contributed by atoms with Crippen LogP contribution in [-0.2, 0) is 9.84 Å². The summed E-state index contributed by atoms with van der Waals surface area (Å²) < 4.78 is 22.2. The minimum Gasteiger partial charge on any atom is -0.384 e. The van der Waals surface area contributed by atoms with E-state index in [0.29, 0.717) is 5.82 Å². The maximum Gasteiger partial charge on any atom is 0.173 e. The normalized spacial score (nSPS) is 22.8. The molecule has 0 radical (unpaired) electrons. The van der Waals surface area contributed by atoms with E-state index < -0.39 is 9.84 Å². The molecule has 1 aromatic heterocycles. The number of sulfone groups is 1. The van der Waals surface area contributed by atoms with Crippen molar-refractivity contribution in [2.75, 3.05) is 16.8 Å². The molecule has 1 aliphatic rings. The molecule has 2 heterocycles. The molecule has 0 saturated heterocycles. The summed E-state index contributed by atoms with van der Waals surface area (Å²) in [6, 6.07) is 3.25. The van der Waals surface area contributed by atoms with Crippen LogP contribution in [0.5, 0.6) is 0 Å². The molecule has 2 rings (SSSR count). The lowest BCUT2D eigenvalue weighted by Crippen LogP contribution is -2.20. The van der Waals surface area contributed by atoms with E-state index in [1.54, 1.807) is 24.4 Å². The Morgan fingerprint density at radius 2 is 2.27 bits per heavy atom. The standard InChI is InChI=1S/C9H11N3O2S/c10-9-2-1-7(5-11-9)12-8-3-4-15(13,14)6-8/h1-5,8,12H,6H2,(H2,10,11). The number of aromatic nitrogens is 1. The number of hydrogen-bond acceptors (Lipinski definition) is 5. The van der Waals surface area contributed by atoms with Crippen molar-refractivity contribution >= 4 is 21.3 Å². The van der Waals surface area contributed by atoms with Gasteiger partial charge in [-0.25, -0.2) is 13.4 Å². The summed E-state index contributed by atoms with van der Waals surface area (Å²) in [6.07, 6.45) is 3.21. The first-order valence-electron chi connectivity index (χ1n) is 4.44. The van der Waals surface area contributed by atoms with Gasteiger partial charge in [-0.3, -0.25) is 0 Å². The number of anilines is 2. The molecule has 1 aliphatic heterocycles. The summed E-state index contributed by atoms with van der Waals surface area (Å²) in [4.78, 5) is 3.90. The molecule has 1 aromatic rings. The van der Waals surface area contributed by atoms with E-state index in [1.165, 1.54) is 5.41 Å². The van der Waals surface area contributed by atoms with E-state index in [0.717, 1.165) is 5.69 Å². The first-order chi connectivity index (χ1) is 7.05. The van der Waals surface area contributed by atoms with Gasteiger partial charge < -0.3 is 11.1 Å². The molecule has 15 heavy (non-hydrogen) atoms. The topological polar surface area (TPSA) is 85.1 Å². The van der Waals surface area contributed by atoms with Crippen LogP contribution in [-0.4, -0.2) is 25.2 Å². The molecule has 0 bridgehead atoms. The van der Waals surface area contributed by atoms with Crippen molar-refractivity contribution in [1.82, 2.24) is 4.98 Å².